The predicted octanol–water partition coefficient (Wildman–Crippen LogP) is 2.95. The van der Waals surface area contributed by atoms with E-state index in [1.807, 2.05) is 44.2 Å². The number of anilines is 1. The van der Waals surface area contributed by atoms with Crippen LogP contribution in [0.4, 0.5) is 5.69 Å². The lowest BCUT2D eigenvalue weighted by molar-refractivity contribution is 0.102. The fraction of sp³-hybridized carbons (Fsp3) is 0.143. The molecular weight excluding hydrogens is 212 g/mol. The van der Waals surface area contributed by atoms with Crippen molar-refractivity contribution in [2.75, 3.05) is 5.32 Å². The number of amides is 1. The van der Waals surface area contributed by atoms with Crippen molar-refractivity contribution in [2.45, 2.75) is 13.8 Å². The van der Waals surface area contributed by atoms with Gasteiger partial charge in [-0.25, -0.2) is 0 Å². The topological polar surface area (TPSA) is 42.0 Å². The van der Waals surface area contributed by atoms with Gasteiger partial charge in [-0.05, 0) is 38.1 Å². The van der Waals surface area contributed by atoms with Crippen LogP contribution in [0.25, 0.3) is 0 Å². The summed E-state index contributed by atoms with van der Waals surface area (Å²) in [6.45, 7) is 3.86. The van der Waals surface area contributed by atoms with Gasteiger partial charge in [-0.1, -0.05) is 17.7 Å². The molecule has 0 fully saturated rings. The fourth-order valence-corrected chi connectivity index (χ4v) is 1.52. The summed E-state index contributed by atoms with van der Waals surface area (Å²) >= 11 is 0. The third-order valence-corrected chi connectivity index (χ3v) is 2.57. The van der Waals surface area contributed by atoms with Crippen molar-refractivity contribution < 1.29 is 4.79 Å². The van der Waals surface area contributed by atoms with Crippen molar-refractivity contribution in [2.24, 2.45) is 0 Å². The summed E-state index contributed by atoms with van der Waals surface area (Å²) < 4.78 is 0. The summed E-state index contributed by atoms with van der Waals surface area (Å²) in [6, 6.07) is 11.1. The summed E-state index contributed by atoms with van der Waals surface area (Å²) in [6.07, 6.45) is 1.71. The van der Waals surface area contributed by atoms with E-state index in [0.717, 1.165) is 16.9 Å². The van der Waals surface area contributed by atoms with E-state index in [-0.39, 0.29) is 5.91 Å². The van der Waals surface area contributed by atoms with Gasteiger partial charge in [-0.3, -0.25) is 9.78 Å². The molecule has 2 aromatic rings. The molecule has 1 heterocycles. The van der Waals surface area contributed by atoms with Gasteiger partial charge in [-0.2, -0.15) is 0 Å². The zero-order chi connectivity index (χ0) is 12.3. The molecule has 1 aromatic heterocycles. The molecule has 0 unspecified atom stereocenters. The van der Waals surface area contributed by atoms with Crippen molar-refractivity contribution in [1.82, 2.24) is 4.98 Å². The van der Waals surface area contributed by atoms with Crippen molar-refractivity contribution >= 4 is 11.6 Å². The average Bonchev–Trinajstić information content (AvgIpc) is 2.33. The first kappa shape index (κ1) is 11.3. The van der Waals surface area contributed by atoms with Crippen LogP contribution in [0.3, 0.4) is 0 Å². The number of carbonyl (C=O) groups is 1. The largest absolute Gasteiger partial charge is 0.320 e. The molecule has 1 aromatic carbocycles. The van der Waals surface area contributed by atoms with Crippen LogP contribution in [0.5, 0.6) is 0 Å². The number of aryl methyl sites for hydroxylation is 2. The molecular formula is C14H14N2O. The van der Waals surface area contributed by atoms with Crippen LogP contribution in [-0.2, 0) is 0 Å². The maximum atomic E-state index is 11.9. The molecule has 0 radical (unpaired) electrons. The van der Waals surface area contributed by atoms with Gasteiger partial charge in [0.2, 0.25) is 0 Å². The summed E-state index contributed by atoms with van der Waals surface area (Å²) in [5.74, 6) is -0.110. The van der Waals surface area contributed by atoms with E-state index in [4.69, 9.17) is 0 Å². The Morgan fingerprint density at radius 3 is 2.47 bits per heavy atom. The van der Waals surface area contributed by atoms with E-state index < -0.39 is 0 Å². The van der Waals surface area contributed by atoms with Gasteiger partial charge in [0.1, 0.15) is 0 Å². The molecule has 0 spiro atoms. The van der Waals surface area contributed by atoms with E-state index in [2.05, 4.69) is 10.3 Å². The summed E-state index contributed by atoms with van der Waals surface area (Å²) in [4.78, 5) is 16.1. The Balaban J connectivity index is 2.17. The first-order valence-electron chi connectivity index (χ1n) is 5.46. The zero-order valence-electron chi connectivity index (χ0n) is 9.90. The van der Waals surface area contributed by atoms with Crippen molar-refractivity contribution in [1.29, 1.82) is 0 Å². The number of nitrogens with zero attached hydrogens (tertiary/aromatic N) is 1. The molecule has 86 valence electrons. The lowest BCUT2D eigenvalue weighted by Crippen LogP contribution is -2.12. The summed E-state index contributed by atoms with van der Waals surface area (Å²) in [5, 5.41) is 2.84. The van der Waals surface area contributed by atoms with E-state index >= 15 is 0 Å². The molecule has 3 heteroatoms. The molecule has 0 saturated carbocycles. The van der Waals surface area contributed by atoms with E-state index in [9.17, 15) is 4.79 Å². The van der Waals surface area contributed by atoms with E-state index in [1.165, 1.54) is 0 Å². The Morgan fingerprint density at radius 1 is 1.12 bits per heavy atom. The van der Waals surface area contributed by atoms with Gasteiger partial charge >= 0.3 is 0 Å². The van der Waals surface area contributed by atoms with Gasteiger partial charge < -0.3 is 5.32 Å². The molecule has 0 aliphatic heterocycles. The van der Waals surface area contributed by atoms with Gasteiger partial charge in [-0.15, -0.1) is 0 Å². The Kier molecular flexibility index (Phi) is 3.19. The predicted molar refractivity (Wildman–Crippen MR) is 68.1 cm³/mol. The Bertz CT molecular complexity index is 532. The van der Waals surface area contributed by atoms with Gasteiger partial charge in [0.25, 0.3) is 5.91 Å². The summed E-state index contributed by atoms with van der Waals surface area (Å²) in [7, 11) is 0. The molecule has 1 amide bonds. The number of pyridine rings is 1. The Morgan fingerprint density at radius 2 is 1.82 bits per heavy atom. The quantitative estimate of drug-likeness (QED) is 0.855. The molecule has 0 saturated heterocycles. The van der Waals surface area contributed by atoms with Crippen LogP contribution in [-0.4, -0.2) is 10.9 Å². The second kappa shape index (κ2) is 4.78. The minimum atomic E-state index is -0.110. The Labute approximate surface area is 101 Å². The maximum absolute atomic E-state index is 11.9. The first-order valence-corrected chi connectivity index (χ1v) is 5.46. The highest BCUT2D eigenvalue weighted by molar-refractivity contribution is 6.04. The van der Waals surface area contributed by atoms with Crippen LogP contribution in [0.1, 0.15) is 21.6 Å². The number of aromatic nitrogens is 1. The number of hydrogen-bond donors (Lipinski definition) is 1. The number of nitrogens with one attached hydrogen (secondary N) is 1. The van der Waals surface area contributed by atoms with E-state index in [0.29, 0.717) is 5.56 Å². The smallest absolute Gasteiger partial charge is 0.255 e. The highest BCUT2D eigenvalue weighted by Crippen LogP contribution is 2.12. The lowest BCUT2D eigenvalue weighted by atomic mass is 10.1. The molecule has 2 rings (SSSR count). The zero-order valence-corrected chi connectivity index (χ0v) is 9.90. The third kappa shape index (κ3) is 2.69. The highest BCUT2D eigenvalue weighted by Gasteiger charge is 2.06. The van der Waals surface area contributed by atoms with Gasteiger partial charge in [0.15, 0.2) is 0 Å². The van der Waals surface area contributed by atoms with Gasteiger partial charge in [0.05, 0.1) is 11.4 Å². The highest BCUT2D eigenvalue weighted by atomic mass is 16.1. The van der Waals surface area contributed by atoms with E-state index in [1.54, 1.807) is 12.3 Å². The monoisotopic (exact) mass is 226 g/mol. The van der Waals surface area contributed by atoms with Crippen molar-refractivity contribution in [3.05, 3.63) is 59.4 Å². The third-order valence-electron chi connectivity index (χ3n) is 2.57. The molecule has 0 aliphatic carbocycles. The number of benzene rings is 1. The Hall–Kier alpha value is -2.16. The van der Waals surface area contributed by atoms with Crippen LogP contribution >= 0.6 is 0 Å². The fourth-order valence-electron chi connectivity index (χ4n) is 1.52. The molecule has 3 nitrogen and oxygen atoms in total. The second-order valence-electron chi connectivity index (χ2n) is 3.96. The minimum Gasteiger partial charge on any atom is -0.320 e. The standard InChI is InChI=1S/C14H14N2O/c1-10-5-7-12(8-6-10)14(17)16-13-4-3-9-15-11(13)2/h3-9H,1-2H3,(H,16,17). The average molecular weight is 226 g/mol. The summed E-state index contributed by atoms with van der Waals surface area (Å²) in [5.41, 5.74) is 3.35. The number of carbonyl (C=O) groups excluding carboxylic acids is 1. The SMILES string of the molecule is Cc1ccc(C(=O)Nc2cccnc2C)cc1. The molecule has 0 atom stereocenters. The van der Waals surface area contributed by atoms with Crippen molar-refractivity contribution in [3.8, 4) is 0 Å². The normalized spacial score (nSPS) is 10.0. The van der Waals surface area contributed by atoms with Crippen molar-refractivity contribution in [3.63, 3.8) is 0 Å². The van der Waals surface area contributed by atoms with Crippen LogP contribution < -0.4 is 5.32 Å². The molecule has 17 heavy (non-hydrogen) atoms. The van der Waals surface area contributed by atoms with Crippen LogP contribution in [0, 0.1) is 13.8 Å². The second-order valence-corrected chi connectivity index (χ2v) is 3.96. The first-order chi connectivity index (χ1) is 8.16. The molecule has 0 bridgehead atoms. The molecule has 1 N–H and O–H groups in total. The number of hydrogen-bond acceptors (Lipinski definition) is 2. The van der Waals surface area contributed by atoms with Crippen LogP contribution in [0.2, 0.25) is 0 Å². The maximum Gasteiger partial charge on any atom is 0.255 e. The lowest BCUT2D eigenvalue weighted by Gasteiger charge is -2.07. The van der Waals surface area contributed by atoms with Crippen LogP contribution in [0.15, 0.2) is 42.6 Å². The van der Waals surface area contributed by atoms with Gasteiger partial charge in [0, 0.05) is 11.8 Å². The number of rotatable bonds is 2. The molecule has 0 aliphatic rings. The minimum absolute atomic E-state index is 0.110.